The van der Waals surface area contributed by atoms with Gasteiger partial charge in [-0.2, -0.15) is 0 Å². The van der Waals surface area contributed by atoms with Gasteiger partial charge in [0.25, 0.3) is 0 Å². The molecule has 0 spiro atoms. The second-order valence-corrected chi connectivity index (χ2v) is 5.88. The molecule has 0 aromatic carbocycles. The van der Waals surface area contributed by atoms with Gasteiger partial charge in [-0.15, -0.1) is 0 Å². The topological polar surface area (TPSA) is 182 Å². The summed E-state index contributed by atoms with van der Waals surface area (Å²) in [7, 11) is -4.86. The zero-order valence-electron chi connectivity index (χ0n) is 12.3. The number of rotatable bonds is 7. The van der Waals surface area contributed by atoms with Crippen LogP contribution in [-0.4, -0.2) is 52.1 Å². The Hall–Kier alpha value is 0.988. The zero-order valence-corrected chi connectivity index (χ0v) is 20.8. The second-order valence-electron chi connectivity index (χ2n) is 4.24. The van der Waals surface area contributed by atoms with E-state index in [9.17, 15) is 23.8 Å². The fraction of sp³-hybridized carbons (Fsp3) is 0.667. The van der Waals surface area contributed by atoms with Gasteiger partial charge in [-0.05, 0) is 13.8 Å². The van der Waals surface area contributed by atoms with Crippen molar-refractivity contribution < 1.29 is 112 Å². The summed E-state index contributed by atoms with van der Waals surface area (Å²) in [5.74, 6) is -3.18. The Bertz CT molecular complexity index is 445. The van der Waals surface area contributed by atoms with Crippen LogP contribution in [0.2, 0.25) is 0 Å². The van der Waals surface area contributed by atoms with Gasteiger partial charge in [0, 0.05) is 26.6 Å². The van der Waals surface area contributed by atoms with E-state index in [0.717, 1.165) is 0 Å². The molecule has 13 heteroatoms. The SMILES string of the molecule is CC(N)C(=O)NC(C)C(=O)NC(CP(=O)([O-])O)C(=O)O.[Rb+].[Re]. The van der Waals surface area contributed by atoms with E-state index in [2.05, 4.69) is 5.32 Å². The average Bonchev–Trinajstić information content (AvgIpc) is 2.25. The fourth-order valence-corrected chi connectivity index (χ4v) is 1.83. The summed E-state index contributed by atoms with van der Waals surface area (Å²) >= 11 is 0. The molecule has 22 heavy (non-hydrogen) atoms. The molecule has 0 aliphatic carbocycles. The van der Waals surface area contributed by atoms with E-state index in [1.54, 1.807) is 0 Å². The first-order valence-corrected chi connectivity index (χ1v) is 7.32. The summed E-state index contributed by atoms with van der Waals surface area (Å²) in [5, 5.41) is 12.8. The second kappa shape index (κ2) is 12.4. The summed E-state index contributed by atoms with van der Waals surface area (Å²) < 4.78 is 10.6. The quantitative estimate of drug-likeness (QED) is 0.184. The summed E-state index contributed by atoms with van der Waals surface area (Å²) in [4.78, 5) is 52.9. The Kier molecular flexibility index (Phi) is 15.6. The third-order valence-corrected chi connectivity index (χ3v) is 3.02. The van der Waals surface area contributed by atoms with Gasteiger partial charge in [0.15, 0.2) is 0 Å². The Balaban J connectivity index is -0.00000180. The summed E-state index contributed by atoms with van der Waals surface area (Å²) in [6, 6.07) is -3.79. The molecule has 0 aliphatic rings. The maximum Gasteiger partial charge on any atom is 1.00 e. The molecular formula is C9H17N3O7PRbRe. The van der Waals surface area contributed by atoms with Gasteiger partial charge < -0.3 is 35.8 Å². The van der Waals surface area contributed by atoms with E-state index < -0.39 is 49.7 Å². The molecule has 4 atom stereocenters. The third-order valence-electron chi connectivity index (χ3n) is 2.19. The van der Waals surface area contributed by atoms with Gasteiger partial charge in [-0.25, -0.2) is 4.79 Å². The molecule has 0 fully saturated rings. The monoisotopic (exact) mass is 582 g/mol. The first kappa shape index (κ1) is 27.8. The predicted molar refractivity (Wildman–Crippen MR) is 65.5 cm³/mol. The largest absolute Gasteiger partial charge is 1.00 e. The van der Waals surface area contributed by atoms with Gasteiger partial charge in [-0.3, -0.25) is 9.59 Å². The number of hydrogen-bond acceptors (Lipinski definition) is 6. The molecule has 0 aromatic rings. The van der Waals surface area contributed by atoms with Crippen molar-refractivity contribution in [3.05, 3.63) is 0 Å². The number of aliphatic carboxylic acids is 1. The van der Waals surface area contributed by atoms with Crippen LogP contribution in [0.15, 0.2) is 0 Å². The van der Waals surface area contributed by atoms with E-state index >= 15 is 0 Å². The summed E-state index contributed by atoms with van der Waals surface area (Å²) in [6.45, 7) is 2.66. The number of hydrogen-bond donors (Lipinski definition) is 5. The molecular weight excluding hydrogens is 565 g/mol. The van der Waals surface area contributed by atoms with Crippen LogP contribution in [0.4, 0.5) is 0 Å². The van der Waals surface area contributed by atoms with Crippen molar-refractivity contribution >= 4 is 25.4 Å². The van der Waals surface area contributed by atoms with Gasteiger partial charge in [0.05, 0.1) is 6.04 Å². The zero-order chi connectivity index (χ0) is 16.1. The normalized spacial score (nSPS) is 16.6. The molecule has 0 rings (SSSR count). The van der Waals surface area contributed by atoms with Crippen LogP contribution in [0.3, 0.4) is 0 Å². The molecule has 4 unspecified atom stereocenters. The number of amides is 2. The minimum Gasteiger partial charge on any atom is -0.779 e. The Morgan fingerprint density at radius 3 is 2.00 bits per heavy atom. The maximum absolute atomic E-state index is 11.6. The van der Waals surface area contributed by atoms with Crippen LogP contribution in [0.1, 0.15) is 13.8 Å². The number of carboxylic acid groups (broad SMARTS) is 1. The molecule has 0 aromatic heterocycles. The number of carbonyl (C=O) groups excluding carboxylic acids is 2. The van der Waals surface area contributed by atoms with Gasteiger partial charge in [0.2, 0.25) is 11.8 Å². The maximum atomic E-state index is 11.6. The molecule has 0 bridgehead atoms. The van der Waals surface area contributed by atoms with E-state index in [4.69, 9.17) is 15.7 Å². The van der Waals surface area contributed by atoms with Crippen LogP contribution in [0, 0.1) is 0 Å². The van der Waals surface area contributed by atoms with E-state index in [-0.39, 0.29) is 78.6 Å². The molecule has 0 aliphatic heterocycles. The molecule has 123 valence electrons. The summed E-state index contributed by atoms with van der Waals surface area (Å²) in [6.07, 6.45) is -1.15. The first-order chi connectivity index (χ1) is 8.94. The number of nitrogens with one attached hydrogen (secondary N) is 2. The van der Waals surface area contributed by atoms with Crippen LogP contribution in [0.5, 0.6) is 0 Å². The molecule has 10 nitrogen and oxygen atoms in total. The van der Waals surface area contributed by atoms with Crippen LogP contribution in [-0.2, 0) is 39.4 Å². The Labute approximate surface area is 190 Å². The van der Waals surface area contributed by atoms with E-state index in [0.29, 0.717) is 0 Å². The molecule has 2 amide bonds. The van der Waals surface area contributed by atoms with Gasteiger partial charge in [-0.1, -0.05) is 0 Å². The Morgan fingerprint density at radius 2 is 1.68 bits per heavy atom. The van der Waals surface area contributed by atoms with Crippen molar-refractivity contribution in [1.82, 2.24) is 10.6 Å². The standard InChI is InChI=1S/C9H18N3O7P.Rb.Re/c1-4(10)7(13)11-5(2)8(14)12-6(9(15)16)3-20(17,18)19;;/h4-6H,3,10H2,1-2H3,(H,11,13)(H,12,14)(H,15,16)(H2,17,18,19);;/q;+1;/p-1. The molecule has 0 saturated carbocycles. The van der Waals surface area contributed by atoms with Crippen LogP contribution < -0.4 is 79.4 Å². The molecule has 0 saturated heterocycles. The molecule has 1 radical (unpaired) electrons. The van der Waals surface area contributed by atoms with Crippen molar-refractivity contribution in [3.8, 4) is 0 Å². The van der Waals surface area contributed by atoms with Crippen LogP contribution >= 0.6 is 7.60 Å². The smallest absolute Gasteiger partial charge is 0.779 e. The van der Waals surface area contributed by atoms with Crippen molar-refractivity contribution in [2.24, 2.45) is 5.73 Å². The molecule has 0 heterocycles. The van der Waals surface area contributed by atoms with E-state index in [1.165, 1.54) is 13.8 Å². The van der Waals surface area contributed by atoms with Crippen molar-refractivity contribution in [3.63, 3.8) is 0 Å². The fourth-order valence-electron chi connectivity index (χ4n) is 1.12. The van der Waals surface area contributed by atoms with Gasteiger partial charge >= 0.3 is 64.2 Å². The van der Waals surface area contributed by atoms with Crippen LogP contribution in [0.25, 0.3) is 0 Å². The van der Waals surface area contributed by atoms with Crippen molar-refractivity contribution in [1.29, 1.82) is 0 Å². The minimum atomic E-state index is -4.86. The van der Waals surface area contributed by atoms with Crippen molar-refractivity contribution in [2.75, 3.05) is 6.16 Å². The number of carbonyl (C=O) groups is 3. The van der Waals surface area contributed by atoms with E-state index in [1.807, 2.05) is 5.32 Å². The number of carboxylic acids is 1. The minimum absolute atomic E-state index is 0. The first-order valence-electron chi connectivity index (χ1n) is 5.56. The van der Waals surface area contributed by atoms with Crippen molar-refractivity contribution in [2.45, 2.75) is 32.0 Å². The predicted octanol–water partition coefficient (Wildman–Crippen LogP) is -6.05. The third kappa shape index (κ3) is 12.4. The Morgan fingerprint density at radius 1 is 1.23 bits per heavy atom. The molecule has 6 N–H and O–H groups in total. The average molecular weight is 582 g/mol. The van der Waals surface area contributed by atoms with Gasteiger partial charge in [0.1, 0.15) is 19.7 Å². The number of nitrogens with two attached hydrogens (primary N) is 1. The summed E-state index contributed by atoms with van der Waals surface area (Å²) in [5.41, 5.74) is 5.27.